The molecule has 0 aliphatic rings. The molecule has 0 saturated carbocycles. The summed E-state index contributed by atoms with van der Waals surface area (Å²) in [6, 6.07) is 15.3. The van der Waals surface area contributed by atoms with E-state index in [1.165, 1.54) is 0 Å². The summed E-state index contributed by atoms with van der Waals surface area (Å²) in [5.41, 5.74) is 2.67. The van der Waals surface area contributed by atoms with Crippen LogP contribution in [0, 0.1) is 13.8 Å². The lowest BCUT2D eigenvalue weighted by Gasteiger charge is -2.25. The van der Waals surface area contributed by atoms with E-state index in [2.05, 4.69) is 10.0 Å². The number of rotatable bonds is 9. The summed E-state index contributed by atoms with van der Waals surface area (Å²) < 4.78 is 27.5. The standard InChI is InChI=1S/C21H29N3O3S/c1-16-10-11-17(2)20(14-16)28(26,27)23-13-12-21(25)22-15-19(24(3)4)18-8-6-5-7-9-18/h5-11,14,19,23H,12-13,15H2,1-4H3,(H,22,25). The van der Waals surface area contributed by atoms with Crippen LogP contribution in [0.2, 0.25) is 0 Å². The predicted octanol–water partition coefficient (Wildman–Crippen LogP) is 2.39. The van der Waals surface area contributed by atoms with E-state index in [-0.39, 0.29) is 29.8 Å². The number of hydrogen-bond donors (Lipinski definition) is 2. The minimum atomic E-state index is -3.64. The van der Waals surface area contributed by atoms with E-state index in [1.807, 2.05) is 62.3 Å². The first-order chi connectivity index (χ1) is 13.2. The van der Waals surface area contributed by atoms with E-state index < -0.39 is 10.0 Å². The average molecular weight is 404 g/mol. The molecule has 1 unspecified atom stereocenters. The molecule has 1 amide bonds. The maximum Gasteiger partial charge on any atom is 0.240 e. The van der Waals surface area contributed by atoms with Gasteiger partial charge in [0.2, 0.25) is 15.9 Å². The number of hydrogen-bond acceptors (Lipinski definition) is 4. The second-order valence-corrected chi connectivity index (χ2v) is 8.85. The molecule has 2 N–H and O–H groups in total. The quantitative estimate of drug-likeness (QED) is 0.674. The SMILES string of the molecule is Cc1ccc(C)c(S(=O)(=O)NCCC(=O)NCC(c2ccccc2)N(C)C)c1. The van der Waals surface area contributed by atoms with Crippen molar-refractivity contribution in [3.63, 3.8) is 0 Å². The van der Waals surface area contributed by atoms with Gasteiger partial charge in [0, 0.05) is 19.5 Å². The van der Waals surface area contributed by atoms with Crippen molar-refractivity contribution < 1.29 is 13.2 Å². The molecule has 2 aromatic rings. The van der Waals surface area contributed by atoms with Crippen LogP contribution in [-0.4, -0.2) is 46.4 Å². The molecular weight excluding hydrogens is 374 g/mol. The minimum Gasteiger partial charge on any atom is -0.354 e. The maximum atomic E-state index is 12.5. The van der Waals surface area contributed by atoms with Gasteiger partial charge >= 0.3 is 0 Å². The van der Waals surface area contributed by atoms with Gasteiger partial charge in [-0.2, -0.15) is 0 Å². The van der Waals surface area contributed by atoms with Gasteiger partial charge in [-0.3, -0.25) is 4.79 Å². The highest BCUT2D eigenvalue weighted by Gasteiger charge is 2.18. The van der Waals surface area contributed by atoms with Gasteiger partial charge < -0.3 is 10.2 Å². The smallest absolute Gasteiger partial charge is 0.240 e. The third-order valence-corrected chi connectivity index (χ3v) is 6.18. The van der Waals surface area contributed by atoms with Gasteiger partial charge in [0.1, 0.15) is 0 Å². The number of aryl methyl sites for hydroxylation is 2. The summed E-state index contributed by atoms with van der Waals surface area (Å²) >= 11 is 0. The lowest BCUT2D eigenvalue weighted by Crippen LogP contribution is -2.36. The van der Waals surface area contributed by atoms with Crippen molar-refractivity contribution in [3.8, 4) is 0 Å². The number of likely N-dealkylation sites (N-methyl/N-ethyl adjacent to an activating group) is 1. The van der Waals surface area contributed by atoms with E-state index in [1.54, 1.807) is 19.1 Å². The van der Waals surface area contributed by atoms with Gasteiger partial charge in [-0.1, -0.05) is 42.5 Å². The highest BCUT2D eigenvalue weighted by molar-refractivity contribution is 7.89. The van der Waals surface area contributed by atoms with Crippen molar-refractivity contribution in [1.29, 1.82) is 0 Å². The Kier molecular flexibility index (Phi) is 7.74. The summed E-state index contributed by atoms with van der Waals surface area (Å²) in [4.78, 5) is 14.5. The van der Waals surface area contributed by atoms with Crippen molar-refractivity contribution in [2.45, 2.75) is 31.2 Å². The van der Waals surface area contributed by atoms with E-state index in [0.717, 1.165) is 11.1 Å². The number of carbonyl (C=O) groups excluding carboxylic acids is 1. The molecule has 0 aliphatic carbocycles. The van der Waals surface area contributed by atoms with Crippen molar-refractivity contribution >= 4 is 15.9 Å². The third-order valence-electron chi connectivity index (χ3n) is 4.58. The monoisotopic (exact) mass is 403 g/mol. The minimum absolute atomic E-state index is 0.0526. The lowest BCUT2D eigenvalue weighted by molar-refractivity contribution is -0.121. The topological polar surface area (TPSA) is 78.5 Å². The Morgan fingerprint density at radius 2 is 1.75 bits per heavy atom. The fourth-order valence-corrected chi connectivity index (χ4v) is 4.31. The molecule has 0 bridgehead atoms. The van der Waals surface area contributed by atoms with Crippen LogP contribution in [0.5, 0.6) is 0 Å². The second-order valence-electron chi connectivity index (χ2n) is 7.11. The zero-order valence-corrected chi connectivity index (χ0v) is 17.7. The van der Waals surface area contributed by atoms with Gasteiger partial charge in [0.15, 0.2) is 0 Å². The van der Waals surface area contributed by atoms with Crippen LogP contribution in [0.15, 0.2) is 53.4 Å². The van der Waals surface area contributed by atoms with Crippen LogP contribution < -0.4 is 10.0 Å². The average Bonchev–Trinajstić information content (AvgIpc) is 2.64. The molecule has 28 heavy (non-hydrogen) atoms. The number of nitrogens with one attached hydrogen (secondary N) is 2. The summed E-state index contributed by atoms with van der Waals surface area (Å²) in [6.45, 7) is 4.12. The largest absolute Gasteiger partial charge is 0.354 e. The van der Waals surface area contributed by atoms with Crippen molar-refractivity contribution in [1.82, 2.24) is 14.9 Å². The second kappa shape index (κ2) is 9.82. The van der Waals surface area contributed by atoms with Gasteiger partial charge in [-0.15, -0.1) is 0 Å². The summed E-state index contributed by atoms with van der Waals surface area (Å²) in [5, 5.41) is 2.89. The lowest BCUT2D eigenvalue weighted by atomic mass is 10.1. The van der Waals surface area contributed by atoms with Crippen LogP contribution >= 0.6 is 0 Å². The fourth-order valence-electron chi connectivity index (χ4n) is 2.95. The first-order valence-corrected chi connectivity index (χ1v) is 10.7. The molecule has 0 spiro atoms. The molecule has 0 aromatic heterocycles. The molecular formula is C21H29N3O3S. The van der Waals surface area contributed by atoms with E-state index in [0.29, 0.717) is 12.1 Å². The molecule has 0 aliphatic heterocycles. The molecule has 2 rings (SSSR count). The molecule has 0 saturated heterocycles. The Hall–Kier alpha value is -2.22. The molecule has 7 heteroatoms. The first kappa shape index (κ1) is 22.1. The van der Waals surface area contributed by atoms with E-state index in [9.17, 15) is 13.2 Å². The number of amides is 1. The summed E-state index contributed by atoms with van der Waals surface area (Å²) in [7, 11) is 0.286. The van der Waals surface area contributed by atoms with Crippen molar-refractivity contribution in [3.05, 3.63) is 65.2 Å². The van der Waals surface area contributed by atoms with Crippen LogP contribution in [-0.2, 0) is 14.8 Å². The van der Waals surface area contributed by atoms with E-state index >= 15 is 0 Å². The Balaban J connectivity index is 1.87. The normalized spacial score (nSPS) is 12.8. The summed E-state index contributed by atoms with van der Waals surface area (Å²) in [5.74, 6) is -0.188. The fraction of sp³-hybridized carbons (Fsp3) is 0.381. The van der Waals surface area contributed by atoms with Crippen LogP contribution in [0.1, 0.15) is 29.2 Å². The molecule has 0 fully saturated rings. The summed E-state index contributed by atoms with van der Waals surface area (Å²) in [6.07, 6.45) is 0.0824. The first-order valence-electron chi connectivity index (χ1n) is 9.25. The highest BCUT2D eigenvalue weighted by atomic mass is 32.2. The number of sulfonamides is 1. The molecule has 0 heterocycles. The zero-order valence-electron chi connectivity index (χ0n) is 16.9. The molecule has 152 valence electrons. The zero-order chi connectivity index (χ0) is 20.7. The maximum absolute atomic E-state index is 12.5. The molecule has 0 radical (unpaired) electrons. The van der Waals surface area contributed by atoms with Gasteiger partial charge in [0.05, 0.1) is 10.9 Å². The Morgan fingerprint density at radius 3 is 2.39 bits per heavy atom. The highest BCUT2D eigenvalue weighted by Crippen LogP contribution is 2.17. The Morgan fingerprint density at radius 1 is 1.07 bits per heavy atom. The predicted molar refractivity (Wildman–Crippen MR) is 112 cm³/mol. The molecule has 1 atom stereocenters. The molecule has 6 nitrogen and oxygen atoms in total. The van der Waals surface area contributed by atoms with Crippen molar-refractivity contribution in [2.24, 2.45) is 0 Å². The van der Waals surface area contributed by atoms with Crippen LogP contribution in [0.25, 0.3) is 0 Å². The number of nitrogens with zero attached hydrogens (tertiary/aromatic N) is 1. The van der Waals surface area contributed by atoms with Crippen molar-refractivity contribution in [2.75, 3.05) is 27.2 Å². The van der Waals surface area contributed by atoms with Gasteiger partial charge in [-0.05, 0) is 50.7 Å². The van der Waals surface area contributed by atoms with Gasteiger partial charge in [-0.25, -0.2) is 13.1 Å². The van der Waals surface area contributed by atoms with Gasteiger partial charge in [0.25, 0.3) is 0 Å². The third kappa shape index (κ3) is 6.15. The Labute approximate surface area is 168 Å². The van der Waals surface area contributed by atoms with E-state index in [4.69, 9.17) is 0 Å². The molecule has 2 aromatic carbocycles. The number of carbonyl (C=O) groups is 1. The Bertz CT molecular complexity index is 896. The van der Waals surface area contributed by atoms with Crippen LogP contribution in [0.3, 0.4) is 0 Å². The van der Waals surface area contributed by atoms with Crippen LogP contribution in [0.4, 0.5) is 0 Å². The number of benzene rings is 2.